The number of fused-ring (bicyclic) bond motifs is 1. The van der Waals surface area contributed by atoms with E-state index in [-0.39, 0.29) is 18.0 Å². The van der Waals surface area contributed by atoms with Gasteiger partial charge >= 0.3 is 0 Å². The van der Waals surface area contributed by atoms with E-state index in [1.807, 2.05) is 74.6 Å². The normalized spacial score (nSPS) is 19.5. The molecule has 4 aromatic rings. The van der Waals surface area contributed by atoms with Crippen LogP contribution in [0, 0.1) is 5.82 Å². The topological polar surface area (TPSA) is 31.4 Å². The fourth-order valence-electron chi connectivity index (χ4n) is 4.45. The van der Waals surface area contributed by atoms with E-state index in [1.165, 1.54) is 11.8 Å². The number of nitrogens with zero attached hydrogens (tertiary/aromatic N) is 1. The number of benzene rings is 3. The molecule has 1 aliphatic rings. The van der Waals surface area contributed by atoms with Crippen LogP contribution in [0.1, 0.15) is 39.2 Å². The molecule has 5 rings (SSSR count). The largest absolute Gasteiger partial charge is 0.347 e. The van der Waals surface area contributed by atoms with E-state index in [1.54, 1.807) is 17.8 Å². The van der Waals surface area contributed by atoms with Crippen LogP contribution in [0.15, 0.2) is 105 Å². The average molecular weight is 532 g/mol. The molecule has 0 radical (unpaired) electrons. The van der Waals surface area contributed by atoms with E-state index in [2.05, 4.69) is 31.2 Å². The van der Waals surface area contributed by atoms with Gasteiger partial charge in [0, 0.05) is 38.3 Å². The van der Waals surface area contributed by atoms with Crippen molar-refractivity contribution in [2.45, 2.75) is 71.2 Å². The highest BCUT2D eigenvalue weighted by Crippen LogP contribution is 2.40. The van der Waals surface area contributed by atoms with Crippen LogP contribution >= 0.6 is 23.5 Å². The van der Waals surface area contributed by atoms with Gasteiger partial charge in [-0.05, 0) is 56.7 Å². The summed E-state index contributed by atoms with van der Waals surface area (Å²) in [5.41, 5.74) is 1.70. The van der Waals surface area contributed by atoms with Crippen molar-refractivity contribution in [1.82, 2.24) is 4.98 Å². The van der Waals surface area contributed by atoms with E-state index >= 15 is 4.39 Å². The minimum atomic E-state index is -0.632. The zero-order valence-corrected chi connectivity index (χ0v) is 22.8. The molecule has 0 saturated carbocycles. The van der Waals surface area contributed by atoms with Crippen molar-refractivity contribution in [2.24, 2.45) is 0 Å². The second-order valence-electron chi connectivity index (χ2n) is 9.47. The van der Waals surface area contributed by atoms with E-state index in [9.17, 15) is 0 Å². The number of ether oxygens (including phenoxy) is 2. The number of halogens is 1. The number of hydrogen-bond donors (Lipinski definition) is 0. The first kappa shape index (κ1) is 26.0. The van der Waals surface area contributed by atoms with Gasteiger partial charge in [-0.15, -0.1) is 0 Å². The molecule has 0 aliphatic carbocycles. The Kier molecular flexibility index (Phi) is 8.01. The van der Waals surface area contributed by atoms with Gasteiger partial charge in [0.2, 0.25) is 0 Å². The highest BCUT2D eigenvalue weighted by Gasteiger charge is 2.33. The Hall–Kier alpha value is -2.64. The maximum absolute atomic E-state index is 15.4. The van der Waals surface area contributed by atoms with Gasteiger partial charge in [0.25, 0.3) is 0 Å². The molecule has 1 saturated heterocycles. The van der Waals surface area contributed by atoms with Crippen LogP contribution in [0.5, 0.6) is 0 Å². The Morgan fingerprint density at radius 3 is 2.32 bits per heavy atom. The van der Waals surface area contributed by atoms with E-state index in [0.29, 0.717) is 4.90 Å². The molecule has 190 valence electrons. The zero-order valence-electron chi connectivity index (χ0n) is 21.2. The molecule has 0 spiro atoms. The molecule has 3 aromatic carbocycles. The summed E-state index contributed by atoms with van der Waals surface area (Å²) in [6, 6.07) is 23.5. The third-order valence-corrected chi connectivity index (χ3v) is 8.37. The van der Waals surface area contributed by atoms with Crippen LogP contribution in [-0.2, 0) is 9.47 Å². The smallest absolute Gasteiger partial charge is 0.163 e. The third kappa shape index (κ3) is 6.44. The molecule has 3 nitrogen and oxygen atoms in total. The summed E-state index contributed by atoms with van der Waals surface area (Å²) in [6.45, 7) is 6.04. The highest BCUT2D eigenvalue weighted by atomic mass is 32.2. The fraction of sp³-hybridized carbons (Fsp3) is 0.258. The quantitative estimate of drug-likeness (QED) is 0.237. The summed E-state index contributed by atoms with van der Waals surface area (Å²) < 4.78 is 27.6. The summed E-state index contributed by atoms with van der Waals surface area (Å²) in [5.74, 6) is -0.882. The van der Waals surface area contributed by atoms with Crippen molar-refractivity contribution in [3.05, 3.63) is 96.4 Å². The summed E-state index contributed by atoms with van der Waals surface area (Å²) in [4.78, 5) is 8.35. The van der Waals surface area contributed by atoms with Gasteiger partial charge in [-0.2, -0.15) is 0 Å². The number of pyridine rings is 1. The minimum Gasteiger partial charge on any atom is -0.347 e. The first-order valence-electron chi connectivity index (χ1n) is 12.5. The van der Waals surface area contributed by atoms with Crippen molar-refractivity contribution in [3.63, 3.8) is 0 Å². The van der Waals surface area contributed by atoms with Crippen LogP contribution in [0.3, 0.4) is 0 Å². The Bertz CT molecular complexity index is 1390. The SMILES string of the molecule is CC[C@H]1C[C@@H](/C=C/c2cnc3cc(Sc4ccccc4)c(F)cc3c2Sc2ccccc2)OC(C)(C)O1. The monoisotopic (exact) mass is 531 g/mol. The van der Waals surface area contributed by atoms with Gasteiger partial charge < -0.3 is 9.47 Å². The summed E-state index contributed by atoms with van der Waals surface area (Å²) >= 11 is 3.03. The minimum absolute atomic E-state index is 0.0691. The van der Waals surface area contributed by atoms with Gasteiger partial charge in [0.1, 0.15) is 5.82 Å². The molecule has 37 heavy (non-hydrogen) atoms. The van der Waals surface area contributed by atoms with E-state index in [0.717, 1.165) is 44.0 Å². The Labute approximate surface area is 226 Å². The lowest BCUT2D eigenvalue weighted by atomic mass is 10.0. The molecular formula is C31H30FNO2S2. The van der Waals surface area contributed by atoms with Crippen molar-refractivity contribution in [2.75, 3.05) is 0 Å². The first-order valence-corrected chi connectivity index (χ1v) is 14.2. The lowest BCUT2D eigenvalue weighted by molar-refractivity contribution is -0.290. The molecule has 1 aliphatic heterocycles. The van der Waals surface area contributed by atoms with Crippen molar-refractivity contribution >= 4 is 40.5 Å². The molecule has 1 aromatic heterocycles. The van der Waals surface area contributed by atoms with Crippen molar-refractivity contribution < 1.29 is 13.9 Å². The van der Waals surface area contributed by atoms with E-state index < -0.39 is 5.79 Å². The van der Waals surface area contributed by atoms with Gasteiger partial charge in [-0.3, -0.25) is 4.98 Å². The second-order valence-corrected chi connectivity index (χ2v) is 11.7. The lowest BCUT2D eigenvalue weighted by Crippen LogP contribution is -2.43. The molecule has 0 amide bonds. The Morgan fingerprint density at radius 1 is 0.973 bits per heavy atom. The Morgan fingerprint density at radius 2 is 1.65 bits per heavy atom. The zero-order chi connectivity index (χ0) is 25.8. The van der Waals surface area contributed by atoms with Gasteiger partial charge in [0.15, 0.2) is 5.79 Å². The lowest BCUT2D eigenvalue weighted by Gasteiger charge is -2.39. The predicted molar refractivity (Wildman–Crippen MR) is 151 cm³/mol. The molecule has 2 heterocycles. The maximum atomic E-state index is 15.4. The summed E-state index contributed by atoms with van der Waals surface area (Å²) in [7, 11) is 0. The van der Waals surface area contributed by atoms with Crippen LogP contribution in [-0.4, -0.2) is 23.0 Å². The highest BCUT2D eigenvalue weighted by molar-refractivity contribution is 7.99. The molecular weight excluding hydrogens is 501 g/mol. The Balaban J connectivity index is 1.53. The van der Waals surface area contributed by atoms with Gasteiger partial charge in [-0.25, -0.2) is 4.39 Å². The van der Waals surface area contributed by atoms with E-state index in [4.69, 9.17) is 14.5 Å². The molecule has 2 atom stereocenters. The summed E-state index contributed by atoms with van der Waals surface area (Å²) in [6.07, 6.45) is 7.84. The van der Waals surface area contributed by atoms with Crippen LogP contribution < -0.4 is 0 Å². The standard InChI is InChI=1S/C31H30FNO2S2/c1-4-22-17-23(35-31(2,3)34-22)16-15-21-20-33-28-19-29(36-24-11-7-5-8-12-24)27(32)18-26(28)30(21)37-25-13-9-6-10-14-25/h5-16,18-20,22-23H,4,17H2,1-3H3/b16-15+/t22-,23+/m0/s1. The molecule has 1 fully saturated rings. The molecule has 0 bridgehead atoms. The van der Waals surface area contributed by atoms with Crippen LogP contribution in [0.25, 0.3) is 17.0 Å². The van der Waals surface area contributed by atoms with Crippen LogP contribution in [0.4, 0.5) is 4.39 Å². The second kappa shape index (κ2) is 11.4. The molecule has 0 unspecified atom stereocenters. The van der Waals surface area contributed by atoms with Crippen molar-refractivity contribution in [1.29, 1.82) is 0 Å². The van der Waals surface area contributed by atoms with Crippen LogP contribution in [0.2, 0.25) is 0 Å². The first-order chi connectivity index (χ1) is 17.9. The third-order valence-electron chi connectivity index (χ3n) is 6.16. The molecule has 0 N–H and O–H groups in total. The van der Waals surface area contributed by atoms with Crippen molar-refractivity contribution in [3.8, 4) is 0 Å². The van der Waals surface area contributed by atoms with Gasteiger partial charge in [0.05, 0.1) is 22.6 Å². The summed E-state index contributed by atoms with van der Waals surface area (Å²) in [5, 5.41) is 0.797. The molecule has 6 heteroatoms. The average Bonchev–Trinajstić information content (AvgIpc) is 2.89. The number of rotatable bonds is 7. The predicted octanol–water partition coefficient (Wildman–Crippen LogP) is 9.01. The fourth-order valence-corrected chi connectivity index (χ4v) is 6.36. The number of aromatic nitrogens is 1. The van der Waals surface area contributed by atoms with Gasteiger partial charge in [-0.1, -0.05) is 79.0 Å². The maximum Gasteiger partial charge on any atom is 0.163 e. The number of hydrogen-bond acceptors (Lipinski definition) is 5.